The first-order valence-corrected chi connectivity index (χ1v) is 3.39. The van der Waals surface area contributed by atoms with Crippen LogP contribution in [-0.2, 0) is 4.84 Å². The maximum atomic E-state index is 9.15. The van der Waals surface area contributed by atoms with Gasteiger partial charge in [0.15, 0.2) is 0 Å². The molecule has 0 radical (unpaired) electrons. The maximum absolute atomic E-state index is 9.15. The second-order valence-electron chi connectivity index (χ2n) is 2.26. The van der Waals surface area contributed by atoms with Gasteiger partial charge in [0.1, 0.15) is 12.0 Å². The highest BCUT2D eigenvalue weighted by Crippen LogP contribution is 2.17. The van der Waals surface area contributed by atoms with Gasteiger partial charge in [-0.25, -0.2) is 0 Å². The zero-order valence-electron chi connectivity index (χ0n) is 6.14. The second kappa shape index (κ2) is 2.80. The van der Waals surface area contributed by atoms with Crippen LogP contribution in [-0.4, -0.2) is 15.4 Å². The Morgan fingerprint density at radius 1 is 1.42 bits per heavy atom. The van der Waals surface area contributed by atoms with Crippen LogP contribution in [0.2, 0.25) is 0 Å². The first-order valence-electron chi connectivity index (χ1n) is 3.39. The van der Waals surface area contributed by atoms with Crippen LogP contribution >= 0.6 is 0 Å². The lowest BCUT2D eigenvalue weighted by molar-refractivity contribution is -0.149. The molecule has 2 heterocycles. The molecule has 0 bridgehead atoms. The Labute approximate surface area is 68.8 Å². The van der Waals surface area contributed by atoms with E-state index in [2.05, 4.69) is 15.4 Å². The number of rotatable bonds is 1. The van der Waals surface area contributed by atoms with Gasteiger partial charge in [-0.05, 0) is 17.7 Å². The molecule has 5 heteroatoms. The lowest BCUT2D eigenvalue weighted by atomic mass is 10.2. The lowest BCUT2D eigenvalue weighted by Crippen LogP contribution is -2.26. The molecule has 0 unspecified atom stereocenters. The van der Waals surface area contributed by atoms with Gasteiger partial charge in [0.05, 0.1) is 0 Å². The zero-order chi connectivity index (χ0) is 8.39. The van der Waals surface area contributed by atoms with Gasteiger partial charge in [0, 0.05) is 18.0 Å². The summed E-state index contributed by atoms with van der Waals surface area (Å²) < 4.78 is 0. The van der Waals surface area contributed by atoms with Gasteiger partial charge in [-0.2, -0.15) is 0 Å². The molecule has 0 aromatic carbocycles. The summed E-state index contributed by atoms with van der Waals surface area (Å²) >= 11 is 0. The lowest BCUT2D eigenvalue weighted by Gasteiger charge is -2.09. The van der Waals surface area contributed by atoms with Crippen molar-refractivity contribution in [2.24, 2.45) is 0 Å². The highest BCUT2D eigenvalue weighted by Gasteiger charge is 2.15. The van der Waals surface area contributed by atoms with Crippen LogP contribution in [0.25, 0.3) is 5.70 Å². The summed E-state index contributed by atoms with van der Waals surface area (Å²) in [6, 6.07) is 3.54. The number of nitrogens with zero attached hydrogens (tertiary/aromatic N) is 2. The molecule has 5 nitrogen and oxygen atoms in total. The fourth-order valence-corrected chi connectivity index (χ4v) is 0.944. The minimum Gasteiger partial charge on any atom is -0.392 e. The maximum Gasteiger partial charge on any atom is 0.141 e. The Balaban J connectivity index is 2.31. The van der Waals surface area contributed by atoms with E-state index in [0.29, 0.717) is 5.70 Å². The number of aromatic nitrogens is 1. The van der Waals surface area contributed by atoms with Crippen molar-refractivity contribution in [3.05, 3.63) is 36.4 Å². The SMILES string of the molecule is ON1NOC=C1c1ccncc1. The van der Waals surface area contributed by atoms with E-state index in [0.717, 1.165) is 10.7 Å². The van der Waals surface area contributed by atoms with Crippen LogP contribution < -0.4 is 5.59 Å². The molecule has 0 saturated carbocycles. The van der Waals surface area contributed by atoms with Gasteiger partial charge < -0.3 is 4.84 Å². The Morgan fingerprint density at radius 2 is 2.17 bits per heavy atom. The van der Waals surface area contributed by atoms with E-state index in [9.17, 15) is 0 Å². The van der Waals surface area contributed by atoms with E-state index in [1.54, 1.807) is 24.5 Å². The summed E-state index contributed by atoms with van der Waals surface area (Å²) in [5, 5.41) is 9.95. The third-order valence-electron chi connectivity index (χ3n) is 1.51. The van der Waals surface area contributed by atoms with E-state index < -0.39 is 0 Å². The number of hydrazine groups is 1. The standard InChI is InChI=1S/C7H7N3O2/c11-10-7(5-12-9-10)6-1-3-8-4-2-6/h1-5,9,11H. The van der Waals surface area contributed by atoms with Crippen molar-refractivity contribution in [1.82, 2.24) is 15.7 Å². The monoisotopic (exact) mass is 165 g/mol. The Bertz CT molecular complexity index is 299. The number of hydrogen-bond donors (Lipinski definition) is 2. The molecule has 62 valence electrons. The molecule has 2 rings (SSSR count). The van der Waals surface area contributed by atoms with Gasteiger partial charge >= 0.3 is 0 Å². The molecule has 2 N–H and O–H groups in total. The average molecular weight is 165 g/mol. The van der Waals surface area contributed by atoms with Gasteiger partial charge in [-0.3, -0.25) is 10.2 Å². The zero-order valence-corrected chi connectivity index (χ0v) is 6.14. The normalized spacial score (nSPS) is 15.8. The first-order chi connectivity index (χ1) is 5.88. The average Bonchev–Trinajstić information content (AvgIpc) is 2.53. The summed E-state index contributed by atoms with van der Waals surface area (Å²) in [4.78, 5) is 8.52. The predicted octanol–water partition coefficient (Wildman–Crippen LogP) is 0.521. The van der Waals surface area contributed by atoms with Crippen molar-refractivity contribution in [3.63, 3.8) is 0 Å². The third-order valence-corrected chi connectivity index (χ3v) is 1.51. The van der Waals surface area contributed by atoms with E-state index in [4.69, 9.17) is 5.21 Å². The molecule has 12 heavy (non-hydrogen) atoms. The number of pyridine rings is 1. The summed E-state index contributed by atoms with van der Waals surface area (Å²) in [7, 11) is 0. The fourth-order valence-electron chi connectivity index (χ4n) is 0.944. The van der Waals surface area contributed by atoms with Gasteiger partial charge in [0.2, 0.25) is 0 Å². The van der Waals surface area contributed by atoms with E-state index in [1.165, 1.54) is 6.26 Å². The van der Waals surface area contributed by atoms with Crippen LogP contribution in [0, 0.1) is 0 Å². The Kier molecular flexibility index (Phi) is 1.65. The minimum absolute atomic E-state index is 0.553. The summed E-state index contributed by atoms with van der Waals surface area (Å²) in [6.07, 6.45) is 4.69. The molecule has 1 aliphatic heterocycles. The molecule has 0 saturated heterocycles. The highest BCUT2D eigenvalue weighted by atomic mass is 16.8. The van der Waals surface area contributed by atoms with Gasteiger partial charge in [-0.15, -0.1) is 5.17 Å². The molecular formula is C7H7N3O2. The Morgan fingerprint density at radius 3 is 2.75 bits per heavy atom. The van der Waals surface area contributed by atoms with Crippen LogP contribution in [0.4, 0.5) is 0 Å². The molecule has 0 fully saturated rings. The molecule has 1 aliphatic rings. The topological polar surface area (TPSA) is 57.6 Å². The van der Waals surface area contributed by atoms with Crippen molar-refractivity contribution in [2.45, 2.75) is 0 Å². The molecule has 1 aromatic rings. The Hall–Kier alpha value is -1.59. The minimum atomic E-state index is 0.553. The van der Waals surface area contributed by atoms with E-state index in [-0.39, 0.29) is 0 Å². The summed E-state index contributed by atoms with van der Waals surface area (Å²) in [5.41, 5.74) is 3.63. The fraction of sp³-hybridized carbons (Fsp3) is 0. The van der Waals surface area contributed by atoms with Crippen molar-refractivity contribution in [1.29, 1.82) is 0 Å². The van der Waals surface area contributed by atoms with E-state index >= 15 is 0 Å². The summed E-state index contributed by atoms with van der Waals surface area (Å²) in [5.74, 6) is 0. The van der Waals surface area contributed by atoms with Crippen molar-refractivity contribution < 1.29 is 10.0 Å². The van der Waals surface area contributed by atoms with E-state index in [1.807, 2.05) is 0 Å². The number of hydroxylamine groups is 1. The molecule has 0 aliphatic carbocycles. The molecule has 0 amide bonds. The quantitative estimate of drug-likeness (QED) is 0.635. The van der Waals surface area contributed by atoms with Crippen LogP contribution in [0.15, 0.2) is 30.8 Å². The number of hydrogen-bond acceptors (Lipinski definition) is 5. The second-order valence-corrected chi connectivity index (χ2v) is 2.26. The van der Waals surface area contributed by atoms with Crippen molar-refractivity contribution >= 4 is 5.70 Å². The third kappa shape index (κ3) is 1.11. The van der Waals surface area contributed by atoms with Crippen LogP contribution in [0.5, 0.6) is 0 Å². The van der Waals surface area contributed by atoms with Crippen LogP contribution in [0.1, 0.15) is 5.56 Å². The summed E-state index contributed by atoms with van der Waals surface area (Å²) in [6.45, 7) is 0. The molecule has 0 spiro atoms. The van der Waals surface area contributed by atoms with Crippen LogP contribution in [0.3, 0.4) is 0 Å². The first kappa shape index (κ1) is 7.08. The van der Waals surface area contributed by atoms with Crippen molar-refractivity contribution in [3.8, 4) is 0 Å². The molecule has 1 aromatic heterocycles. The highest BCUT2D eigenvalue weighted by molar-refractivity contribution is 5.61. The largest absolute Gasteiger partial charge is 0.392 e. The molecular weight excluding hydrogens is 158 g/mol. The van der Waals surface area contributed by atoms with Crippen molar-refractivity contribution in [2.75, 3.05) is 0 Å². The predicted molar refractivity (Wildman–Crippen MR) is 40.1 cm³/mol. The van der Waals surface area contributed by atoms with Gasteiger partial charge in [-0.1, -0.05) is 0 Å². The molecule has 0 atom stereocenters. The smallest absolute Gasteiger partial charge is 0.141 e. The van der Waals surface area contributed by atoms with Gasteiger partial charge in [0.25, 0.3) is 0 Å². The number of nitrogens with one attached hydrogen (secondary N) is 1.